The Balaban J connectivity index is 1.50. The summed E-state index contributed by atoms with van der Waals surface area (Å²) < 4.78 is 1.22. The number of hydrogen-bond donors (Lipinski definition) is 0. The third kappa shape index (κ3) is 3.24. The van der Waals surface area contributed by atoms with Gasteiger partial charge in [0.05, 0.1) is 16.7 Å². The Labute approximate surface area is 190 Å². The first-order valence-electron chi connectivity index (χ1n) is 10.7. The number of hydrogen-bond acceptors (Lipinski definition) is 2. The smallest absolute Gasteiger partial charge is 0.0972 e. The van der Waals surface area contributed by atoms with Crippen LogP contribution in [-0.2, 0) is 0 Å². The maximum atomic E-state index is 5.16. The highest BCUT2D eigenvalue weighted by Gasteiger charge is 2.28. The van der Waals surface area contributed by atoms with Crippen LogP contribution in [0, 0.1) is 11.8 Å². The number of benzene rings is 1. The van der Waals surface area contributed by atoms with Gasteiger partial charge in [0.15, 0.2) is 0 Å². The van der Waals surface area contributed by atoms with Gasteiger partial charge >= 0.3 is 0 Å². The quantitative estimate of drug-likeness (QED) is 0.368. The van der Waals surface area contributed by atoms with E-state index < -0.39 is 0 Å². The Hall–Kier alpha value is -3.04. The van der Waals surface area contributed by atoms with Gasteiger partial charge in [-0.25, -0.2) is 9.97 Å². The molecule has 0 bridgehead atoms. The maximum absolute atomic E-state index is 5.16. The van der Waals surface area contributed by atoms with Crippen LogP contribution < -0.4 is 0 Å². The zero-order chi connectivity index (χ0) is 20.8. The summed E-state index contributed by atoms with van der Waals surface area (Å²) in [5.74, 6) is 0.967. The molecule has 0 saturated carbocycles. The van der Waals surface area contributed by atoms with Crippen LogP contribution in [-0.4, -0.2) is 9.97 Å². The average Bonchev–Trinajstić information content (AvgIpc) is 2.84. The summed E-state index contributed by atoms with van der Waals surface area (Å²) >= 11 is 3.74. The van der Waals surface area contributed by atoms with Crippen molar-refractivity contribution in [1.82, 2.24) is 9.97 Å². The molecule has 0 spiro atoms. The molecule has 3 aliphatic carbocycles. The molecule has 0 radical (unpaired) electrons. The highest BCUT2D eigenvalue weighted by molar-refractivity contribution is 9.11. The lowest BCUT2D eigenvalue weighted by Crippen LogP contribution is -2.18. The highest BCUT2D eigenvalue weighted by Crippen LogP contribution is 2.42. The van der Waals surface area contributed by atoms with Crippen LogP contribution in [0.2, 0.25) is 0 Å². The van der Waals surface area contributed by atoms with Crippen molar-refractivity contribution >= 4 is 43.3 Å². The van der Waals surface area contributed by atoms with E-state index in [0.29, 0.717) is 17.8 Å². The van der Waals surface area contributed by atoms with Crippen molar-refractivity contribution in [1.29, 1.82) is 0 Å². The second kappa shape index (κ2) is 7.58. The van der Waals surface area contributed by atoms with Gasteiger partial charge in [0.2, 0.25) is 0 Å². The molecule has 2 unspecified atom stereocenters. The summed E-state index contributed by atoms with van der Waals surface area (Å²) in [7, 11) is 0. The van der Waals surface area contributed by atoms with E-state index in [1.807, 2.05) is 0 Å². The monoisotopic (exact) mass is 464 g/mol. The first-order chi connectivity index (χ1) is 15.3. The van der Waals surface area contributed by atoms with Gasteiger partial charge in [-0.2, -0.15) is 0 Å². The Bertz CT molecular complexity index is 1390. The first kappa shape index (κ1) is 18.7. The Morgan fingerprint density at radius 1 is 0.710 bits per heavy atom. The van der Waals surface area contributed by atoms with Gasteiger partial charge in [-0.1, -0.05) is 101 Å². The minimum absolute atomic E-state index is 0.298. The fourth-order valence-corrected chi connectivity index (χ4v) is 5.34. The molecule has 3 aliphatic rings. The first-order valence-corrected chi connectivity index (χ1v) is 11.5. The zero-order valence-electron chi connectivity index (χ0n) is 16.9. The van der Waals surface area contributed by atoms with Gasteiger partial charge in [0, 0.05) is 38.7 Å². The van der Waals surface area contributed by atoms with Crippen molar-refractivity contribution in [2.24, 2.45) is 11.8 Å². The summed E-state index contributed by atoms with van der Waals surface area (Å²) in [6, 6.07) is 13.0. The molecular formula is C28H21BrN2. The molecule has 0 amide bonds. The topological polar surface area (TPSA) is 25.8 Å². The van der Waals surface area contributed by atoms with Crippen LogP contribution in [0.3, 0.4) is 0 Å². The van der Waals surface area contributed by atoms with Gasteiger partial charge in [0.1, 0.15) is 0 Å². The van der Waals surface area contributed by atoms with Crippen molar-refractivity contribution in [2.75, 3.05) is 0 Å². The van der Waals surface area contributed by atoms with E-state index in [4.69, 9.17) is 9.97 Å². The molecule has 3 atom stereocenters. The number of pyridine rings is 2. The number of allylic oxidation sites excluding steroid dienone is 12. The lowest BCUT2D eigenvalue weighted by atomic mass is 9.78. The third-order valence-electron chi connectivity index (χ3n) is 6.43. The summed E-state index contributed by atoms with van der Waals surface area (Å²) in [6.45, 7) is 0. The number of nitrogens with zero attached hydrogens (tertiary/aromatic N) is 2. The van der Waals surface area contributed by atoms with Crippen molar-refractivity contribution in [2.45, 2.75) is 12.3 Å². The molecule has 0 saturated heterocycles. The number of halogens is 1. The Morgan fingerprint density at radius 3 is 2.23 bits per heavy atom. The molecule has 2 aromatic heterocycles. The minimum atomic E-state index is 0.298. The minimum Gasteiger partial charge on any atom is -0.250 e. The summed E-state index contributed by atoms with van der Waals surface area (Å²) in [5, 5.41) is 2.26. The van der Waals surface area contributed by atoms with Gasteiger partial charge in [-0.05, 0) is 24.1 Å². The average molecular weight is 465 g/mol. The predicted molar refractivity (Wildman–Crippen MR) is 133 cm³/mol. The molecule has 3 aromatic rings. The maximum Gasteiger partial charge on any atom is 0.0972 e. The summed E-state index contributed by atoms with van der Waals surface area (Å²) in [4.78, 5) is 10.3. The fraction of sp³-hybridized carbons (Fsp3) is 0.143. The lowest BCUT2D eigenvalue weighted by molar-refractivity contribution is 0.668. The number of rotatable bonds is 2. The second-order valence-corrected chi connectivity index (χ2v) is 9.21. The third-order valence-corrected chi connectivity index (χ3v) is 7.23. The largest absolute Gasteiger partial charge is 0.250 e. The van der Waals surface area contributed by atoms with Crippen molar-refractivity contribution in [3.8, 4) is 0 Å². The van der Waals surface area contributed by atoms with E-state index in [-0.39, 0.29) is 0 Å². The molecule has 6 rings (SSSR count). The van der Waals surface area contributed by atoms with Gasteiger partial charge in [-0.3, -0.25) is 0 Å². The fourth-order valence-electron chi connectivity index (χ4n) is 4.77. The van der Waals surface area contributed by atoms with E-state index >= 15 is 0 Å². The number of fused-ring (bicyclic) bond motifs is 4. The zero-order valence-corrected chi connectivity index (χ0v) is 18.5. The van der Waals surface area contributed by atoms with Crippen molar-refractivity contribution in [3.63, 3.8) is 0 Å². The molecule has 3 heteroatoms. The van der Waals surface area contributed by atoms with Crippen LogP contribution in [0.5, 0.6) is 0 Å². The molecular weight excluding hydrogens is 444 g/mol. The van der Waals surface area contributed by atoms with E-state index in [0.717, 1.165) is 39.6 Å². The Morgan fingerprint density at radius 2 is 1.42 bits per heavy atom. The molecule has 1 aromatic carbocycles. The van der Waals surface area contributed by atoms with Crippen molar-refractivity contribution < 1.29 is 0 Å². The molecule has 0 aliphatic heterocycles. The molecule has 0 N–H and O–H groups in total. The molecule has 31 heavy (non-hydrogen) atoms. The SMILES string of the molecule is BrC1=CC=C(c2ccc3ccc4ccc(C5C=CC=CC5)nc4c3n2)[C@H]2C=CC=CC12. The van der Waals surface area contributed by atoms with Gasteiger partial charge < -0.3 is 0 Å². The summed E-state index contributed by atoms with van der Waals surface area (Å²) in [5.41, 5.74) is 5.36. The molecule has 2 nitrogen and oxygen atoms in total. The molecule has 2 heterocycles. The molecule has 0 fully saturated rings. The van der Waals surface area contributed by atoms with Gasteiger partial charge in [-0.15, -0.1) is 0 Å². The van der Waals surface area contributed by atoms with Crippen LogP contribution in [0.25, 0.3) is 27.4 Å². The van der Waals surface area contributed by atoms with Crippen LogP contribution in [0.4, 0.5) is 0 Å². The second-order valence-electron chi connectivity index (χ2n) is 8.29. The van der Waals surface area contributed by atoms with Crippen molar-refractivity contribution in [3.05, 3.63) is 113 Å². The van der Waals surface area contributed by atoms with E-state index in [1.165, 1.54) is 10.1 Å². The summed E-state index contributed by atoms with van der Waals surface area (Å²) in [6.07, 6.45) is 22.8. The standard InChI is InChI=1S/C28H21BrN2/c29-24-15-14-23(21-8-4-5-9-22(21)24)26-17-13-20-11-10-19-12-16-25(18-6-2-1-3-7-18)30-27(19)28(20)31-26/h1-6,8-18,21-22H,7H2/t18?,21-,22?/m0/s1. The van der Waals surface area contributed by atoms with E-state index in [1.54, 1.807) is 0 Å². The van der Waals surface area contributed by atoms with Crippen LogP contribution in [0.1, 0.15) is 23.7 Å². The van der Waals surface area contributed by atoms with E-state index in [9.17, 15) is 0 Å². The number of aromatic nitrogens is 2. The van der Waals surface area contributed by atoms with E-state index in [2.05, 4.69) is 113 Å². The Kier molecular flexibility index (Phi) is 4.57. The predicted octanol–water partition coefficient (Wildman–Crippen LogP) is 7.42. The van der Waals surface area contributed by atoms with Crippen LogP contribution >= 0.6 is 15.9 Å². The lowest BCUT2D eigenvalue weighted by Gasteiger charge is -2.29. The van der Waals surface area contributed by atoms with Gasteiger partial charge in [0.25, 0.3) is 0 Å². The van der Waals surface area contributed by atoms with Crippen LogP contribution in [0.15, 0.2) is 102 Å². The normalized spacial score (nSPS) is 24.4. The highest BCUT2D eigenvalue weighted by atomic mass is 79.9. The molecule has 150 valence electrons.